The molecule has 0 saturated carbocycles. The Kier molecular flexibility index (Phi) is 13.3. The minimum atomic E-state index is -1.55. The highest BCUT2D eigenvalue weighted by molar-refractivity contribution is 5.68. The van der Waals surface area contributed by atoms with Gasteiger partial charge in [-0.15, -0.1) is 0 Å². The Balaban J connectivity index is 1.50. The van der Waals surface area contributed by atoms with E-state index in [4.69, 9.17) is 52.1 Å². The van der Waals surface area contributed by atoms with Crippen molar-refractivity contribution < 1.29 is 76.1 Å². The number of benzene rings is 2. The van der Waals surface area contributed by atoms with Crippen LogP contribution in [-0.2, 0) is 82.7 Å². The van der Waals surface area contributed by atoms with Crippen LogP contribution >= 0.6 is 0 Å². The summed E-state index contributed by atoms with van der Waals surface area (Å²) in [6.45, 7) is 5.29. The third-order valence-electron chi connectivity index (χ3n) is 8.15. The van der Waals surface area contributed by atoms with Crippen molar-refractivity contribution in [2.75, 3.05) is 13.2 Å². The van der Waals surface area contributed by atoms with E-state index >= 15 is 0 Å². The van der Waals surface area contributed by atoms with E-state index in [-0.39, 0.29) is 13.2 Å². The molecule has 0 N–H and O–H groups in total. The lowest BCUT2D eigenvalue weighted by Crippen LogP contribution is -2.67. The molecule has 0 aromatic heterocycles. The number of carbonyl (C=O) groups excluding carboxylic acids is 5. The van der Waals surface area contributed by atoms with E-state index in [0.29, 0.717) is 5.56 Å². The van der Waals surface area contributed by atoms with Crippen LogP contribution in [0.5, 0.6) is 0 Å². The second-order valence-corrected chi connectivity index (χ2v) is 12.3. The van der Waals surface area contributed by atoms with Crippen molar-refractivity contribution in [3.8, 4) is 0 Å². The number of esters is 5. The van der Waals surface area contributed by atoms with Crippen molar-refractivity contribution in [1.82, 2.24) is 0 Å². The Morgan fingerprint density at radius 3 is 1.77 bits per heavy atom. The molecule has 52 heavy (non-hydrogen) atoms. The predicted octanol–water partition coefficient (Wildman–Crippen LogP) is 2.44. The number of fused-ring (bicyclic) bond motifs is 1. The lowest BCUT2D eigenvalue weighted by atomic mass is 9.95. The monoisotopic (exact) mass is 730 g/mol. The van der Waals surface area contributed by atoms with Gasteiger partial charge in [0, 0.05) is 40.2 Å². The maximum atomic E-state index is 12.6. The molecule has 0 aliphatic carbocycles. The molecule has 2 aromatic rings. The summed E-state index contributed by atoms with van der Waals surface area (Å²) in [4.78, 5) is 62.0. The van der Waals surface area contributed by atoms with Crippen LogP contribution in [0.3, 0.4) is 0 Å². The molecule has 3 heterocycles. The highest BCUT2D eigenvalue weighted by atomic mass is 16.8. The molecule has 3 fully saturated rings. The average molecular weight is 731 g/mol. The normalized spacial score (nSPS) is 31.3. The molecule has 0 radical (unpaired) electrons. The topological polar surface area (TPSA) is 187 Å². The third kappa shape index (κ3) is 10.1. The minimum Gasteiger partial charge on any atom is -0.463 e. The van der Waals surface area contributed by atoms with Gasteiger partial charge >= 0.3 is 29.8 Å². The number of hydrogen-bond acceptors (Lipinski definition) is 16. The molecular formula is C36H42O16. The zero-order valence-corrected chi connectivity index (χ0v) is 29.3. The molecule has 16 heteroatoms. The summed E-state index contributed by atoms with van der Waals surface area (Å²) in [7, 11) is 0. The van der Waals surface area contributed by atoms with Gasteiger partial charge in [0.2, 0.25) is 0 Å². The van der Waals surface area contributed by atoms with Crippen LogP contribution in [0.2, 0.25) is 0 Å². The SMILES string of the molecule is CC(=O)OC[C@H]1O[C@@H](OCc2ccccc2)[C@H](OC(C)=O)[C@@H](OC(C)=O)[C@@H]1O[C@@H]1O[C@@H]2COC(c3ccccc3)O[C@@H]2[C@H](OC(C)=O)[C@H]1OC(C)=O. The van der Waals surface area contributed by atoms with Gasteiger partial charge in [0.05, 0.1) is 13.2 Å². The molecule has 3 aliphatic rings. The fraction of sp³-hybridized carbons (Fsp3) is 0.528. The molecule has 0 amide bonds. The lowest BCUT2D eigenvalue weighted by molar-refractivity contribution is -0.386. The van der Waals surface area contributed by atoms with Gasteiger partial charge in [-0.1, -0.05) is 60.7 Å². The van der Waals surface area contributed by atoms with Gasteiger partial charge in [-0.05, 0) is 5.56 Å². The molecule has 16 nitrogen and oxygen atoms in total. The summed E-state index contributed by atoms with van der Waals surface area (Å²) in [5, 5.41) is 0. The van der Waals surface area contributed by atoms with Crippen LogP contribution in [0.1, 0.15) is 52.0 Å². The van der Waals surface area contributed by atoms with Gasteiger partial charge in [0.25, 0.3) is 0 Å². The Bertz CT molecular complexity index is 1540. The molecule has 282 valence electrons. The fourth-order valence-electron chi connectivity index (χ4n) is 6.14. The molecule has 3 saturated heterocycles. The Labute approximate surface area is 299 Å². The van der Waals surface area contributed by atoms with E-state index in [1.54, 1.807) is 48.5 Å². The van der Waals surface area contributed by atoms with Crippen LogP contribution < -0.4 is 0 Å². The Morgan fingerprint density at radius 2 is 1.17 bits per heavy atom. The molecule has 11 atom stereocenters. The van der Waals surface area contributed by atoms with E-state index in [1.807, 2.05) is 12.1 Å². The van der Waals surface area contributed by atoms with Crippen molar-refractivity contribution >= 4 is 29.8 Å². The first kappa shape index (κ1) is 38.8. The first-order valence-corrected chi connectivity index (χ1v) is 16.7. The van der Waals surface area contributed by atoms with E-state index in [9.17, 15) is 24.0 Å². The molecular weight excluding hydrogens is 688 g/mol. The largest absolute Gasteiger partial charge is 0.463 e. The van der Waals surface area contributed by atoms with Crippen molar-refractivity contribution in [1.29, 1.82) is 0 Å². The van der Waals surface area contributed by atoms with Gasteiger partial charge in [0.15, 0.2) is 43.3 Å². The quantitative estimate of drug-likeness (QED) is 0.229. The molecule has 3 aliphatic heterocycles. The lowest BCUT2D eigenvalue weighted by Gasteiger charge is -2.50. The summed E-state index contributed by atoms with van der Waals surface area (Å²) in [6, 6.07) is 18.1. The predicted molar refractivity (Wildman–Crippen MR) is 172 cm³/mol. The van der Waals surface area contributed by atoms with E-state index in [0.717, 1.165) is 26.3 Å². The summed E-state index contributed by atoms with van der Waals surface area (Å²) in [5.41, 5.74) is 1.44. The third-order valence-corrected chi connectivity index (χ3v) is 8.15. The van der Waals surface area contributed by atoms with E-state index in [1.165, 1.54) is 13.8 Å². The van der Waals surface area contributed by atoms with Crippen molar-refractivity contribution in [2.45, 2.75) is 109 Å². The summed E-state index contributed by atoms with van der Waals surface area (Å²) < 4.78 is 65.2. The number of ether oxygens (including phenoxy) is 11. The van der Waals surface area contributed by atoms with Crippen LogP contribution in [0.4, 0.5) is 0 Å². The second-order valence-electron chi connectivity index (χ2n) is 12.3. The van der Waals surface area contributed by atoms with Crippen LogP contribution in [0.25, 0.3) is 0 Å². The van der Waals surface area contributed by atoms with Gasteiger partial charge in [0.1, 0.15) is 31.0 Å². The number of hydrogen-bond donors (Lipinski definition) is 0. The van der Waals surface area contributed by atoms with Crippen LogP contribution in [-0.4, -0.2) is 104 Å². The minimum absolute atomic E-state index is 0.000751. The highest BCUT2D eigenvalue weighted by Gasteiger charge is 2.58. The molecule has 1 unspecified atom stereocenters. The fourth-order valence-corrected chi connectivity index (χ4v) is 6.14. The van der Waals surface area contributed by atoms with Crippen molar-refractivity contribution in [3.63, 3.8) is 0 Å². The van der Waals surface area contributed by atoms with Gasteiger partial charge in [-0.3, -0.25) is 24.0 Å². The summed E-state index contributed by atoms with van der Waals surface area (Å²) in [6.07, 6.45) is -14.0. The first-order chi connectivity index (χ1) is 24.9. The van der Waals surface area contributed by atoms with Crippen LogP contribution in [0, 0.1) is 0 Å². The molecule has 2 aromatic carbocycles. The average Bonchev–Trinajstić information content (AvgIpc) is 3.09. The second kappa shape index (κ2) is 17.9. The van der Waals surface area contributed by atoms with Crippen molar-refractivity contribution in [3.05, 3.63) is 71.8 Å². The van der Waals surface area contributed by atoms with E-state index < -0.39 is 104 Å². The highest BCUT2D eigenvalue weighted by Crippen LogP contribution is 2.39. The summed E-state index contributed by atoms with van der Waals surface area (Å²) >= 11 is 0. The van der Waals surface area contributed by atoms with Gasteiger partial charge in [-0.2, -0.15) is 0 Å². The number of rotatable bonds is 12. The maximum absolute atomic E-state index is 12.6. The molecule has 0 spiro atoms. The maximum Gasteiger partial charge on any atom is 0.303 e. The van der Waals surface area contributed by atoms with E-state index in [2.05, 4.69) is 0 Å². The first-order valence-electron chi connectivity index (χ1n) is 16.7. The smallest absolute Gasteiger partial charge is 0.303 e. The van der Waals surface area contributed by atoms with Crippen LogP contribution in [0.15, 0.2) is 60.7 Å². The zero-order valence-electron chi connectivity index (χ0n) is 29.3. The Hall–Kier alpha value is -4.45. The van der Waals surface area contributed by atoms with Gasteiger partial charge in [-0.25, -0.2) is 0 Å². The standard InChI is InChI=1S/C36H42O16/c1-19(37)42-17-26-29(30(45-20(2)38)32(47-22(4)40)35(49-26)43-16-24-12-8-6-9-13-24)52-36-33(48-23(5)41)31(46-21(3)39)28-27(50-36)18-44-34(51-28)25-14-10-7-11-15-25/h6-15,26-36H,16-18H2,1-5H3/t26-,27-,28+,29-,30+,31+,32-,33-,34?,35-,36+/m1/s1. The summed E-state index contributed by atoms with van der Waals surface area (Å²) in [5.74, 6) is -3.70. The molecule has 0 bridgehead atoms. The van der Waals surface area contributed by atoms with Gasteiger partial charge < -0.3 is 52.1 Å². The molecule has 5 rings (SSSR count). The zero-order chi connectivity index (χ0) is 37.4. The Morgan fingerprint density at radius 1 is 0.615 bits per heavy atom. The van der Waals surface area contributed by atoms with Crippen molar-refractivity contribution in [2.24, 2.45) is 0 Å². The number of carbonyl (C=O) groups is 5.